The first kappa shape index (κ1) is 19.3. The molecule has 0 aromatic heterocycles. The summed E-state index contributed by atoms with van der Waals surface area (Å²) < 4.78 is 10.7. The fraction of sp³-hybridized carbons (Fsp3) is 0.600. The van der Waals surface area contributed by atoms with Crippen molar-refractivity contribution in [2.75, 3.05) is 6.61 Å². The summed E-state index contributed by atoms with van der Waals surface area (Å²) in [6.45, 7) is 7.47. The van der Waals surface area contributed by atoms with Crippen molar-refractivity contribution >= 4 is 11.9 Å². The number of carbonyl (C=O) groups is 2. The molecule has 1 amide bonds. The molecule has 5 heteroatoms. The molecule has 3 atom stereocenters. The largest absolute Gasteiger partial charge is 0.482 e. The number of benzene rings is 1. The zero-order valence-corrected chi connectivity index (χ0v) is 15.6. The lowest BCUT2D eigenvalue weighted by Crippen LogP contribution is -2.46. The molecule has 1 fully saturated rings. The first-order valence-corrected chi connectivity index (χ1v) is 9.07. The minimum Gasteiger partial charge on any atom is -0.482 e. The van der Waals surface area contributed by atoms with Crippen molar-refractivity contribution in [3.63, 3.8) is 0 Å². The van der Waals surface area contributed by atoms with Gasteiger partial charge in [-0.15, -0.1) is 0 Å². The molecule has 0 aliphatic heterocycles. The Morgan fingerprint density at radius 2 is 1.96 bits per heavy atom. The number of carbonyl (C=O) groups excluding carboxylic acids is 2. The summed E-state index contributed by atoms with van der Waals surface area (Å²) in [6, 6.07) is 5.85. The second kappa shape index (κ2) is 8.88. The highest BCUT2D eigenvalue weighted by atomic mass is 16.6. The van der Waals surface area contributed by atoms with E-state index in [0.29, 0.717) is 11.7 Å². The summed E-state index contributed by atoms with van der Waals surface area (Å²) in [6.07, 6.45) is 3.65. The summed E-state index contributed by atoms with van der Waals surface area (Å²) in [5, 5.41) is 3.01. The van der Waals surface area contributed by atoms with Crippen molar-refractivity contribution in [1.82, 2.24) is 5.32 Å². The molecule has 1 aromatic rings. The summed E-state index contributed by atoms with van der Waals surface area (Å²) in [5.41, 5.74) is 2.09. The quantitative estimate of drug-likeness (QED) is 0.802. The molecular weight excluding hydrogens is 318 g/mol. The molecule has 0 saturated heterocycles. The van der Waals surface area contributed by atoms with Crippen molar-refractivity contribution in [1.29, 1.82) is 0 Å². The fourth-order valence-corrected chi connectivity index (χ4v) is 3.13. The van der Waals surface area contributed by atoms with Crippen LogP contribution in [0.5, 0.6) is 5.75 Å². The van der Waals surface area contributed by atoms with E-state index in [2.05, 4.69) is 12.2 Å². The number of amides is 1. The molecule has 0 heterocycles. The van der Waals surface area contributed by atoms with Gasteiger partial charge in [0.15, 0.2) is 12.7 Å². The summed E-state index contributed by atoms with van der Waals surface area (Å²) in [5.74, 6) is 0.345. The molecule has 138 valence electrons. The highest BCUT2D eigenvalue weighted by Gasteiger charge is 2.26. The number of aryl methyl sites for hydroxylation is 1. The Hall–Kier alpha value is -2.04. The van der Waals surface area contributed by atoms with Gasteiger partial charge in [0.05, 0.1) is 0 Å². The van der Waals surface area contributed by atoms with E-state index in [9.17, 15) is 9.59 Å². The Morgan fingerprint density at radius 3 is 2.68 bits per heavy atom. The second-order valence-corrected chi connectivity index (χ2v) is 7.00. The summed E-state index contributed by atoms with van der Waals surface area (Å²) >= 11 is 0. The zero-order chi connectivity index (χ0) is 18.4. The first-order valence-electron chi connectivity index (χ1n) is 9.07. The Balaban J connectivity index is 1.79. The number of esters is 1. The van der Waals surface area contributed by atoms with Gasteiger partial charge in [0.25, 0.3) is 5.91 Å². The molecule has 2 rings (SSSR count). The molecular formula is C20H29NO4. The van der Waals surface area contributed by atoms with E-state index in [0.717, 1.165) is 30.4 Å². The average Bonchev–Trinajstić information content (AvgIpc) is 2.58. The predicted molar refractivity (Wildman–Crippen MR) is 96.5 cm³/mol. The third-order valence-electron chi connectivity index (χ3n) is 5.02. The van der Waals surface area contributed by atoms with Gasteiger partial charge in [-0.25, -0.2) is 4.79 Å². The van der Waals surface area contributed by atoms with Crippen LogP contribution in [0.15, 0.2) is 18.2 Å². The minimum absolute atomic E-state index is 0.175. The maximum Gasteiger partial charge on any atom is 0.344 e. The number of hydrogen-bond acceptors (Lipinski definition) is 4. The van der Waals surface area contributed by atoms with Crippen LogP contribution in [0.1, 0.15) is 50.7 Å². The van der Waals surface area contributed by atoms with E-state index in [1.807, 2.05) is 32.0 Å². The molecule has 1 aliphatic rings. The van der Waals surface area contributed by atoms with E-state index < -0.39 is 12.1 Å². The van der Waals surface area contributed by atoms with Crippen LogP contribution in [0.2, 0.25) is 0 Å². The van der Waals surface area contributed by atoms with E-state index in [-0.39, 0.29) is 18.6 Å². The van der Waals surface area contributed by atoms with Crippen LogP contribution in [-0.2, 0) is 14.3 Å². The number of nitrogens with one attached hydrogen (secondary N) is 1. The predicted octanol–water partition coefficient (Wildman–Crippen LogP) is 3.31. The van der Waals surface area contributed by atoms with Crippen LogP contribution >= 0.6 is 0 Å². The van der Waals surface area contributed by atoms with Crippen LogP contribution < -0.4 is 10.1 Å². The van der Waals surface area contributed by atoms with E-state index >= 15 is 0 Å². The molecule has 1 N–H and O–H groups in total. The zero-order valence-electron chi connectivity index (χ0n) is 15.6. The van der Waals surface area contributed by atoms with Crippen LogP contribution in [0.25, 0.3) is 0 Å². The summed E-state index contributed by atoms with van der Waals surface area (Å²) in [4.78, 5) is 24.2. The van der Waals surface area contributed by atoms with Gasteiger partial charge in [-0.1, -0.05) is 31.9 Å². The monoisotopic (exact) mass is 347 g/mol. The Bertz CT molecular complexity index is 614. The van der Waals surface area contributed by atoms with Gasteiger partial charge in [-0.2, -0.15) is 0 Å². The van der Waals surface area contributed by atoms with E-state index in [1.54, 1.807) is 6.92 Å². The SMILES string of the molecule is Cc1cccc(OCC(=O)O[C@@H](C)C(=O)N[C@H]2CCCC[C@@H]2C)c1C. The maximum atomic E-state index is 12.2. The Labute approximate surface area is 150 Å². The topological polar surface area (TPSA) is 64.6 Å². The molecule has 0 spiro atoms. The van der Waals surface area contributed by atoms with Crippen LogP contribution in [0, 0.1) is 19.8 Å². The molecule has 0 bridgehead atoms. The van der Waals surface area contributed by atoms with Gasteiger partial charge in [-0.05, 0) is 56.7 Å². The minimum atomic E-state index is -0.816. The average molecular weight is 347 g/mol. The number of hydrogen-bond donors (Lipinski definition) is 1. The normalized spacial score (nSPS) is 21.3. The molecule has 25 heavy (non-hydrogen) atoms. The third kappa shape index (κ3) is 5.48. The Morgan fingerprint density at radius 1 is 1.24 bits per heavy atom. The molecule has 1 aromatic carbocycles. The van der Waals surface area contributed by atoms with Gasteiger partial charge in [-0.3, -0.25) is 4.79 Å². The highest BCUT2D eigenvalue weighted by molar-refractivity contribution is 5.83. The number of ether oxygens (including phenoxy) is 2. The summed E-state index contributed by atoms with van der Waals surface area (Å²) in [7, 11) is 0. The lowest BCUT2D eigenvalue weighted by Gasteiger charge is -2.30. The third-order valence-corrected chi connectivity index (χ3v) is 5.02. The van der Waals surface area contributed by atoms with Gasteiger partial charge in [0, 0.05) is 6.04 Å². The van der Waals surface area contributed by atoms with Crippen LogP contribution in [0.3, 0.4) is 0 Å². The molecule has 0 radical (unpaired) electrons. The van der Waals surface area contributed by atoms with E-state index in [4.69, 9.17) is 9.47 Å². The van der Waals surface area contributed by atoms with Crippen molar-refractivity contribution < 1.29 is 19.1 Å². The standard InChI is InChI=1S/C20H29NO4/c1-13-9-7-11-18(15(13)3)24-12-19(22)25-16(4)20(23)21-17-10-6-5-8-14(17)2/h7,9,11,14,16-17H,5-6,8,10,12H2,1-4H3,(H,21,23)/t14-,16-,17-/m0/s1. The molecule has 5 nitrogen and oxygen atoms in total. The lowest BCUT2D eigenvalue weighted by molar-refractivity contribution is -0.157. The van der Waals surface area contributed by atoms with Crippen LogP contribution in [-0.4, -0.2) is 30.6 Å². The fourth-order valence-electron chi connectivity index (χ4n) is 3.13. The first-order chi connectivity index (χ1) is 11.9. The van der Waals surface area contributed by atoms with E-state index in [1.165, 1.54) is 6.42 Å². The Kier molecular flexibility index (Phi) is 6.85. The molecule has 1 saturated carbocycles. The van der Waals surface area contributed by atoms with Gasteiger partial charge >= 0.3 is 5.97 Å². The van der Waals surface area contributed by atoms with Crippen LogP contribution in [0.4, 0.5) is 0 Å². The van der Waals surface area contributed by atoms with Gasteiger partial charge in [0.2, 0.25) is 0 Å². The molecule has 1 aliphatic carbocycles. The number of rotatable bonds is 6. The smallest absolute Gasteiger partial charge is 0.344 e. The van der Waals surface area contributed by atoms with Gasteiger partial charge in [0.1, 0.15) is 5.75 Å². The van der Waals surface area contributed by atoms with Gasteiger partial charge < -0.3 is 14.8 Å². The lowest BCUT2D eigenvalue weighted by atomic mass is 9.86. The van der Waals surface area contributed by atoms with Crippen molar-refractivity contribution in [3.05, 3.63) is 29.3 Å². The second-order valence-electron chi connectivity index (χ2n) is 7.00. The van der Waals surface area contributed by atoms with Crippen molar-refractivity contribution in [2.24, 2.45) is 5.92 Å². The highest BCUT2D eigenvalue weighted by Crippen LogP contribution is 2.24. The maximum absolute atomic E-state index is 12.2. The van der Waals surface area contributed by atoms with Crippen molar-refractivity contribution in [2.45, 2.75) is 65.5 Å². The molecule has 0 unspecified atom stereocenters. The van der Waals surface area contributed by atoms with Crippen molar-refractivity contribution in [3.8, 4) is 5.75 Å².